The standard InChI is InChI=1S/C17H10F17S/c18-10(19,12(22,23)14(26,27)16(30,31)32)11(20,21)13(24,25)15(28,29)17(33,34)35-7-3-5-8-4-1-2-6-9(8)35/h1-2,4,6H,3,5,7H2/q+1. The monoisotopic (exact) mass is 569 g/mol. The minimum atomic E-state index is -8.60. The van der Waals surface area contributed by atoms with Crippen LogP contribution >= 0.6 is 0 Å². The van der Waals surface area contributed by atoms with E-state index in [0.29, 0.717) is 6.07 Å². The van der Waals surface area contributed by atoms with Crippen molar-refractivity contribution >= 4 is 10.9 Å². The molecule has 1 aromatic carbocycles. The molecule has 0 fully saturated rings. The molecule has 0 aliphatic carbocycles. The van der Waals surface area contributed by atoms with Gasteiger partial charge < -0.3 is 0 Å². The maximum absolute atomic E-state index is 14.6. The molecule has 0 nitrogen and oxygen atoms in total. The van der Waals surface area contributed by atoms with Gasteiger partial charge in [-0.3, -0.25) is 0 Å². The minimum Gasteiger partial charge on any atom is -0.192 e. The lowest BCUT2D eigenvalue weighted by Crippen LogP contribution is -2.75. The van der Waals surface area contributed by atoms with Gasteiger partial charge in [0.05, 0.1) is 0 Å². The highest BCUT2D eigenvalue weighted by Crippen LogP contribution is 2.65. The van der Waals surface area contributed by atoms with Crippen LogP contribution in [0.25, 0.3) is 0 Å². The molecule has 0 radical (unpaired) electrons. The van der Waals surface area contributed by atoms with E-state index in [4.69, 9.17) is 0 Å². The molecule has 0 N–H and O–H groups in total. The zero-order valence-corrected chi connectivity index (χ0v) is 17.1. The van der Waals surface area contributed by atoms with Gasteiger partial charge in [-0.25, -0.2) is 0 Å². The molecule has 0 saturated carbocycles. The van der Waals surface area contributed by atoms with Crippen molar-refractivity contribution in [3.8, 4) is 0 Å². The number of hydrogen-bond acceptors (Lipinski definition) is 0. The Bertz CT molecular complexity index is 933. The van der Waals surface area contributed by atoms with E-state index in [1.54, 1.807) is 0 Å². The topological polar surface area (TPSA) is 0 Å². The molecule has 18 heteroatoms. The molecule has 0 aromatic heterocycles. The van der Waals surface area contributed by atoms with Crippen LogP contribution in [0, 0.1) is 0 Å². The Morgan fingerprint density at radius 2 is 0.914 bits per heavy atom. The van der Waals surface area contributed by atoms with Crippen molar-refractivity contribution in [3.63, 3.8) is 0 Å². The SMILES string of the molecule is FC(F)(F)C(F)(F)C(F)(F)C(F)(F)C(F)(F)C(F)(F)C(F)(F)C(F)(F)[S+]1CCCc2ccccc21. The minimum absolute atomic E-state index is 0.0787. The van der Waals surface area contributed by atoms with E-state index in [1.807, 2.05) is 0 Å². The lowest BCUT2D eigenvalue weighted by atomic mass is 9.91. The van der Waals surface area contributed by atoms with Gasteiger partial charge in [-0.05, 0) is 18.9 Å². The van der Waals surface area contributed by atoms with Crippen molar-refractivity contribution < 1.29 is 74.6 Å². The van der Waals surface area contributed by atoms with Crippen LogP contribution < -0.4 is 0 Å². The van der Waals surface area contributed by atoms with Gasteiger partial charge in [-0.2, -0.15) is 65.9 Å². The Kier molecular flexibility index (Phi) is 6.93. The smallest absolute Gasteiger partial charge is 0.192 e. The Labute approximate surface area is 186 Å². The second-order valence-electron chi connectivity index (χ2n) is 7.27. The number of hydrogen-bond donors (Lipinski definition) is 0. The summed E-state index contributed by atoms with van der Waals surface area (Å²) in [7, 11) is -3.42. The zero-order valence-electron chi connectivity index (χ0n) is 16.3. The molecule has 0 saturated heterocycles. The molecule has 0 amide bonds. The van der Waals surface area contributed by atoms with E-state index in [2.05, 4.69) is 0 Å². The largest absolute Gasteiger partial charge is 0.485 e. The van der Waals surface area contributed by atoms with Crippen LogP contribution in [-0.2, 0) is 17.3 Å². The fourth-order valence-electron chi connectivity index (χ4n) is 3.04. The highest BCUT2D eigenvalue weighted by Gasteiger charge is 2.97. The summed E-state index contributed by atoms with van der Waals surface area (Å²) in [6.07, 6.45) is -8.25. The maximum atomic E-state index is 14.6. The summed E-state index contributed by atoms with van der Waals surface area (Å²) in [6, 6.07) is 3.89. The van der Waals surface area contributed by atoms with Gasteiger partial charge in [-0.1, -0.05) is 18.2 Å². The number of halogens is 17. The first-order chi connectivity index (χ1) is 15.3. The van der Waals surface area contributed by atoms with E-state index in [0.717, 1.165) is 12.1 Å². The van der Waals surface area contributed by atoms with Gasteiger partial charge in [0.1, 0.15) is 16.6 Å². The van der Waals surface area contributed by atoms with E-state index in [-0.39, 0.29) is 12.0 Å². The number of benzene rings is 1. The van der Waals surface area contributed by atoms with Gasteiger partial charge in [0.15, 0.2) is 4.90 Å². The van der Waals surface area contributed by atoms with Crippen molar-refractivity contribution in [1.29, 1.82) is 0 Å². The third kappa shape index (κ3) is 3.83. The summed E-state index contributed by atoms with van der Waals surface area (Å²) in [5, 5.41) is -6.37. The van der Waals surface area contributed by atoms with Crippen LogP contribution in [0.4, 0.5) is 74.6 Å². The fraction of sp³-hybridized carbons (Fsp3) is 0.647. The molecule has 202 valence electrons. The van der Waals surface area contributed by atoms with E-state index < -0.39 is 74.9 Å². The quantitative estimate of drug-likeness (QED) is 0.235. The molecular weight excluding hydrogens is 559 g/mol. The summed E-state index contributed by atoms with van der Waals surface area (Å²) in [6.45, 7) is 0. The summed E-state index contributed by atoms with van der Waals surface area (Å²) < 4.78 is 229. The number of aryl methyl sites for hydroxylation is 1. The first kappa shape index (κ1) is 29.6. The first-order valence-corrected chi connectivity index (χ1v) is 10.2. The van der Waals surface area contributed by atoms with Crippen LogP contribution in [0.15, 0.2) is 29.2 Å². The van der Waals surface area contributed by atoms with Crippen molar-refractivity contribution in [3.05, 3.63) is 29.8 Å². The summed E-state index contributed by atoms with van der Waals surface area (Å²) in [4.78, 5) is -0.775. The molecule has 0 spiro atoms. The molecule has 1 aliphatic heterocycles. The molecular formula is C17H10F17S+. The van der Waals surface area contributed by atoms with Crippen LogP contribution in [0.3, 0.4) is 0 Å². The van der Waals surface area contributed by atoms with Crippen molar-refractivity contribution in [1.82, 2.24) is 0 Å². The Balaban J connectivity index is 2.64. The van der Waals surface area contributed by atoms with Crippen molar-refractivity contribution in [2.75, 3.05) is 5.75 Å². The Hall–Kier alpha value is -1.62. The second kappa shape index (κ2) is 8.19. The van der Waals surface area contributed by atoms with E-state index >= 15 is 0 Å². The maximum Gasteiger partial charge on any atom is 0.485 e. The fourth-order valence-corrected chi connectivity index (χ4v) is 5.39. The van der Waals surface area contributed by atoms with Crippen LogP contribution in [0.5, 0.6) is 0 Å². The van der Waals surface area contributed by atoms with Crippen LogP contribution in [-0.4, -0.2) is 52.7 Å². The molecule has 1 atom stereocenters. The number of alkyl halides is 17. The van der Waals surface area contributed by atoms with Gasteiger partial charge >= 0.3 is 47.0 Å². The zero-order chi connectivity index (χ0) is 27.7. The highest BCUT2D eigenvalue weighted by atomic mass is 32.2. The third-order valence-electron chi connectivity index (χ3n) is 5.04. The molecule has 0 bridgehead atoms. The van der Waals surface area contributed by atoms with Gasteiger partial charge in [0, 0.05) is 5.56 Å². The van der Waals surface area contributed by atoms with E-state index in [1.165, 1.54) is 6.07 Å². The Morgan fingerprint density at radius 1 is 0.514 bits per heavy atom. The van der Waals surface area contributed by atoms with Crippen LogP contribution in [0.2, 0.25) is 0 Å². The van der Waals surface area contributed by atoms with Gasteiger partial charge in [0.25, 0.3) is 0 Å². The van der Waals surface area contributed by atoms with Gasteiger partial charge in [0.2, 0.25) is 0 Å². The Morgan fingerprint density at radius 3 is 1.37 bits per heavy atom. The molecule has 35 heavy (non-hydrogen) atoms. The lowest BCUT2D eigenvalue weighted by molar-refractivity contribution is -0.458. The summed E-state index contributed by atoms with van der Waals surface area (Å²) >= 11 is 0. The third-order valence-corrected chi connectivity index (χ3v) is 7.54. The molecule has 1 aromatic rings. The predicted octanol–water partition coefficient (Wildman–Crippen LogP) is 7.58. The molecule has 1 aliphatic rings. The summed E-state index contributed by atoms with van der Waals surface area (Å²) in [5.74, 6) is -50.7. The number of fused-ring (bicyclic) bond motifs is 1. The van der Waals surface area contributed by atoms with Gasteiger partial charge in [-0.15, -0.1) is 8.78 Å². The van der Waals surface area contributed by atoms with Crippen molar-refractivity contribution in [2.45, 2.75) is 64.7 Å². The molecule has 2 rings (SSSR count). The van der Waals surface area contributed by atoms with Crippen molar-refractivity contribution in [2.24, 2.45) is 0 Å². The normalized spacial score (nSPS) is 19.5. The molecule has 1 heterocycles. The first-order valence-electron chi connectivity index (χ1n) is 8.84. The molecule has 1 unspecified atom stereocenters. The average Bonchev–Trinajstić information content (AvgIpc) is 2.71. The summed E-state index contributed by atoms with van der Waals surface area (Å²) in [5.41, 5.74) is -0.144. The highest BCUT2D eigenvalue weighted by molar-refractivity contribution is 7.98. The predicted molar refractivity (Wildman–Crippen MR) is 85.9 cm³/mol. The average molecular weight is 569 g/mol. The number of rotatable bonds is 7. The van der Waals surface area contributed by atoms with Crippen LogP contribution in [0.1, 0.15) is 12.0 Å². The lowest BCUT2D eigenvalue weighted by Gasteiger charge is -2.42. The second-order valence-corrected chi connectivity index (χ2v) is 9.41. The van der Waals surface area contributed by atoms with E-state index in [9.17, 15) is 74.6 Å².